The van der Waals surface area contributed by atoms with E-state index in [1.54, 1.807) is 0 Å². The van der Waals surface area contributed by atoms with E-state index in [0.717, 1.165) is 5.57 Å². The number of fused-ring (bicyclic) bond motifs is 2. The quantitative estimate of drug-likeness (QED) is 0.482. The van der Waals surface area contributed by atoms with Crippen molar-refractivity contribution in [3.63, 3.8) is 0 Å². The highest BCUT2D eigenvalue weighted by Gasteiger charge is 2.44. The van der Waals surface area contributed by atoms with Crippen LogP contribution >= 0.6 is 0 Å². The fourth-order valence-corrected chi connectivity index (χ4v) is 5.86. The summed E-state index contributed by atoms with van der Waals surface area (Å²) in [5.74, 6) is 0. The van der Waals surface area contributed by atoms with Gasteiger partial charge in [0, 0.05) is 41.6 Å². The second-order valence-electron chi connectivity index (χ2n) is 10.4. The van der Waals surface area contributed by atoms with Crippen LogP contribution in [0, 0.1) is 0 Å². The molecule has 2 heterocycles. The van der Waals surface area contributed by atoms with Gasteiger partial charge in [-0.15, -0.1) is 0 Å². The molecule has 2 aromatic rings. The van der Waals surface area contributed by atoms with E-state index in [9.17, 15) is 0 Å². The highest BCUT2D eigenvalue weighted by Crippen LogP contribution is 2.50. The first-order valence-corrected chi connectivity index (χ1v) is 11.5. The van der Waals surface area contributed by atoms with Gasteiger partial charge >= 0.3 is 0 Å². The molecule has 0 aromatic heterocycles. The third-order valence-corrected chi connectivity index (χ3v) is 7.90. The smallest absolute Gasteiger partial charge is 0.209 e. The maximum Gasteiger partial charge on any atom is 0.209 e. The van der Waals surface area contributed by atoms with Gasteiger partial charge in [-0.05, 0) is 60.8 Å². The van der Waals surface area contributed by atoms with E-state index >= 15 is 0 Å². The summed E-state index contributed by atoms with van der Waals surface area (Å²) in [6.45, 7) is 16.0. The summed E-state index contributed by atoms with van der Waals surface area (Å²) in [5.41, 5.74) is 13.0. The van der Waals surface area contributed by atoms with Crippen LogP contribution in [0.15, 0.2) is 95.3 Å². The maximum absolute atomic E-state index is 4.48. The summed E-state index contributed by atoms with van der Waals surface area (Å²) >= 11 is 0. The molecule has 0 atom stereocenters. The Bertz CT molecular complexity index is 1310. The predicted octanol–water partition coefficient (Wildman–Crippen LogP) is 6.82. The topological polar surface area (TPSA) is 6.25 Å². The molecule has 5 rings (SSSR count). The lowest BCUT2D eigenvalue weighted by atomic mass is 9.74. The third kappa shape index (κ3) is 2.62. The zero-order chi connectivity index (χ0) is 23.0. The van der Waals surface area contributed by atoms with Crippen LogP contribution in [0.4, 0.5) is 11.4 Å². The number of rotatable bonds is 2. The van der Waals surface area contributed by atoms with Crippen LogP contribution in [-0.4, -0.2) is 24.4 Å². The average molecular weight is 422 g/mol. The number of nitrogens with zero attached hydrogens (tertiary/aromatic N) is 2. The van der Waals surface area contributed by atoms with E-state index in [1.807, 2.05) is 0 Å². The Morgan fingerprint density at radius 3 is 2.12 bits per heavy atom. The maximum atomic E-state index is 4.48. The minimum absolute atomic E-state index is 0.0254. The van der Waals surface area contributed by atoms with Crippen molar-refractivity contribution in [1.29, 1.82) is 0 Å². The van der Waals surface area contributed by atoms with Crippen molar-refractivity contribution in [2.45, 2.75) is 45.4 Å². The van der Waals surface area contributed by atoms with E-state index in [4.69, 9.17) is 0 Å². The molecule has 0 bridgehead atoms. The van der Waals surface area contributed by atoms with Crippen molar-refractivity contribution in [2.24, 2.45) is 0 Å². The molecular formula is C30H33N2+. The molecule has 2 aromatic carbocycles. The van der Waals surface area contributed by atoms with Crippen LogP contribution < -0.4 is 4.90 Å². The molecule has 32 heavy (non-hydrogen) atoms. The SMILES string of the molecule is C=C1C(=CC2=[N+](C)c3ccccc3C2(C)C)C(C)=C1C=C1N(C)c2ccccc2C1(C)C. The second kappa shape index (κ2) is 6.68. The van der Waals surface area contributed by atoms with Gasteiger partial charge in [0.05, 0.1) is 5.41 Å². The Morgan fingerprint density at radius 1 is 0.875 bits per heavy atom. The van der Waals surface area contributed by atoms with Crippen molar-refractivity contribution in [3.8, 4) is 0 Å². The van der Waals surface area contributed by atoms with Gasteiger partial charge in [-0.2, -0.15) is 4.58 Å². The summed E-state index contributed by atoms with van der Waals surface area (Å²) in [5, 5.41) is 0. The first-order valence-electron chi connectivity index (χ1n) is 11.5. The van der Waals surface area contributed by atoms with Crippen LogP contribution in [0.1, 0.15) is 45.7 Å². The van der Waals surface area contributed by atoms with Crippen molar-refractivity contribution in [1.82, 2.24) is 0 Å². The Labute approximate surface area is 192 Å². The van der Waals surface area contributed by atoms with Gasteiger partial charge in [0.2, 0.25) is 5.69 Å². The number of hydrogen-bond acceptors (Lipinski definition) is 1. The molecule has 0 amide bonds. The monoisotopic (exact) mass is 421 g/mol. The Kier molecular flexibility index (Phi) is 4.33. The van der Waals surface area contributed by atoms with Gasteiger partial charge in [-0.3, -0.25) is 0 Å². The van der Waals surface area contributed by atoms with Gasteiger partial charge in [0.15, 0.2) is 5.71 Å². The molecule has 1 aliphatic carbocycles. The van der Waals surface area contributed by atoms with Gasteiger partial charge in [-0.1, -0.05) is 56.8 Å². The lowest BCUT2D eigenvalue weighted by Crippen LogP contribution is -2.28. The fourth-order valence-electron chi connectivity index (χ4n) is 5.86. The molecule has 0 spiro atoms. The van der Waals surface area contributed by atoms with Crippen LogP contribution in [0.2, 0.25) is 0 Å². The van der Waals surface area contributed by atoms with Gasteiger partial charge < -0.3 is 4.90 Å². The molecule has 0 fully saturated rings. The highest BCUT2D eigenvalue weighted by molar-refractivity contribution is 6.05. The first kappa shape index (κ1) is 20.8. The van der Waals surface area contributed by atoms with E-state index in [1.165, 1.54) is 50.6 Å². The fraction of sp³-hybridized carbons (Fsp3) is 0.300. The molecule has 3 aliphatic rings. The lowest BCUT2D eigenvalue weighted by Gasteiger charge is -2.30. The first-order chi connectivity index (χ1) is 15.1. The van der Waals surface area contributed by atoms with E-state index in [0.29, 0.717) is 0 Å². The van der Waals surface area contributed by atoms with Crippen molar-refractivity contribution in [3.05, 3.63) is 106 Å². The summed E-state index contributed by atoms with van der Waals surface area (Å²) < 4.78 is 2.34. The predicted molar refractivity (Wildman–Crippen MR) is 136 cm³/mol. The summed E-state index contributed by atoms with van der Waals surface area (Å²) in [4.78, 5) is 2.34. The highest BCUT2D eigenvalue weighted by atomic mass is 15.2. The van der Waals surface area contributed by atoms with Crippen molar-refractivity contribution < 1.29 is 4.58 Å². The van der Waals surface area contributed by atoms with Crippen LogP contribution in [0.3, 0.4) is 0 Å². The number of benzene rings is 2. The van der Waals surface area contributed by atoms with Crippen LogP contribution in [0.25, 0.3) is 0 Å². The molecule has 0 radical (unpaired) electrons. The molecule has 0 saturated heterocycles. The minimum atomic E-state index is -0.0254. The Morgan fingerprint density at radius 2 is 1.50 bits per heavy atom. The molecule has 162 valence electrons. The summed E-state index contributed by atoms with van der Waals surface area (Å²) in [6, 6.07) is 17.5. The molecule has 2 nitrogen and oxygen atoms in total. The number of anilines is 1. The largest absolute Gasteiger partial charge is 0.347 e. The molecule has 2 aliphatic heterocycles. The molecule has 0 unspecified atom stereocenters. The van der Waals surface area contributed by atoms with E-state index < -0.39 is 0 Å². The minimum Gasteiger partial charge on any atom is -0.347 e. The van der Waals surface area contributed by atoms with Gasteiger partial charge in [0.1, 0.15) is 7.05 Å². The lowest BCUT2D eigenvalue weighted by molar-refractivity contribution is -0.401. The van der Waals surface area contributed by atoms with Gasteiger partial charge in [-0.25, -0.2) is 0 Å². The second-order valence-corrected chi connectivity index (χ2v) is 10.4. The van der Waals surface area contributed by atoms with Gasteiger partial charge in [0.25, 0.3) is 0 Å². The summed E-state index contributed by atoms with van der Waals surface area (Å²) in [6.07, 6.45) is 4.72. The van der Waals surface area contributed by atoms with E-state index in [2.05, 4.69) is 125 Å². The molecule has 0 N–H and O–H groups in total. The molecule has 2 heteroatoms. The average Bonchev–Trinajstić information content (AvgIpc) is 3.09. The van der Waals surface area contributed by atoms with Crippen LogP contribution in [0.5, 0.6) is 0 Å². The number of hydrogen-bond donors (Lipinski definition) is 0. The molecule has 0 saturated carbocycles. The third-order valence-electron chi connectivity index (χ3n) is 7.90. The number of likely N-dealkylation sites (N-methyl/N-ethyl adjacent to an activating group) is 1. The van der Waals surface area contributed by atoms with Crippen LogP contribution in [-0.2, 0) is 10.8 Å². The molecular weight excluding hydrogens is 388 g/mol. The van der Waals surface area contributed by atoms with E-state index in [-0.39, 0.29) is 10.8 Å². The van der Waals surface area contributed by atoms with Crippen molar-refractivity contribution in [2.75, 3.05) is 19.0 Å². The zero-order valence-corrected chi connectivity index (χ0v) is 20.4. The Balaban J connectivity index is 1.55. The van der Waals surface area contributed by atoms with Crippen molar-refractivity contribution >= 4 is 17.1 Å². The Hall–Kier alpha value is -3.13. The number of allylic oxidation sites excluding steroid dienone is 7. The normalized spacial score (nSPS) is 23.2. The summed E-state index contributed by atoms with van der Waals surface area (Å²) in [7, 11) is 4.35. The zero-order valence-electron chi connectivity index (χ0n) is 20.4. The number of para-hydroxylation sites is 2. The standard InChI is InChI=1S/C30H33N2/c1-19-21(17-27-29(3,4)23-13-9-11-15-25(23)31(27)7)20(2)22(19)18-28-30(5,6)24-14-10-12-16-26(24)32(28)8/h9-18H,1H2,2-8H3/q+1.